The van der Waals surface area contributed by atoms with E-state index in [1.165, 1.54) is 5.56 Å². The number of hydrogen-bond donors (Lipinski definition) is 2. The Morgan fingerprint density at radius 1 is 1.00 bits per heavy atom. The van der Waals surface area contributed by atoms with Crippen molar-refractivity contribution >= 4 is 34.9 Å². The summed E-state index contributed by atoms with van der Waals surface area (Å²) in [5.74, 6) is 0. The zero-order chi connectivity index (χ0) is 10.0. The maximum absolute atomic E-state index is 5.85. The molecule has 0 radical (unpaired) electrons. The Bertz CT molecular complexity index is 296. The second-order valence-electron chi connectivity index (χ2n) is 2.75. The van der Waals surface area contributed by atoms with Crippen LogP contribution in [-0.4, -0.2) is 12.5 Å². The van der Waals surface area contributed by atoms with Crippen molar-refractivity contribution in [3.05, 3.63) is 11.6 Å². The lowest BCUT2D eigenvalue weighted by atomic mass is 10.2. The Hall–Kier alpha value is -0.480. The van der Waals surface area contributed by atoms with Gasteiger partial charge in [0.25, 0.3) is 0 Å². The number of nitrogens with two attached hydrogens (primary N) is 2. The predicted octanol–water partition coefficient (Wildman–Crippen LogP) is 2.60. The van der Waals surface area contributed by atoms with Crippen LogP contribution in [0.15, 0.2) is 15.9 Å². The summed E-state index contributed by atoms with van der Waals surface area (Å²) in [5, 5.41) is 0. The number of hydrogen-bond acceptors (Lipinski definition) is 4. The Labute approximate surface area is 87.5 Å². The van der Waals surface area contributed by atoms with E-state index in [1.807, 2.05) is 18.6 Å². The molecule has 0 atom stereocenters. The molecule has 0 saturated heterocycles. The van der Waals surface area contributed by atoms with Crippen LogP contribution in [0.1, 0.15) is 5.56 Å². The number of nitrogen functional groups attached to an aromatic ring is 2. The van der Waals surface area contributed by atoms with Crippen LogP contribution in [0.3, 0.4) is 0 Å². The molecule has 13 heavy (non-hydrogen) atoms. The fraction of sp³-hybridized carbons (Fsp3) is 0.333. The van der Waals surface area contributed by atoms with E-state index in [4.69, 9.17) is 11.5 Å². The second-order valence-corrected chi connectivity index (χ2v) is 4.38. The molecule has 0 aliphatic carbocycles. The Morgan fingerprint density at radius 3 is 1.69 bits per heavy atom. The van der Waals surface area contributed by atoms with Gasteiger partial charge >= 0.3 is 0 Å². The first-order valence-corrected chi connectivity index (χ1v) is 6.33. The van der Waals surface area contributed by atoms with Crippen LogP contribution >= 0.6 is 23.5 Å². The molecule has 0 bridgehead atoms. The zero-order valence-corrected chi connectivity index (χ0v) is 9.68. The van der Waals surface area contributed by atoms with Crippen molar-refractivity contribution in [1.29, 1.82) is 0 Å². The predicted molar refractivity (Wildman–Crippen MR) is 63.6 cm³/mol. The van der Waals surface area contributed by atoms with Gasteiger partial charge in [-0.15, -0.1) is 23.5 Å². The molecule has 0 amide bonds. The fourth-order valence-corrected chi connectivity index (χ4v) is 2.85. The third-order valence-electron chi connectivity index (χ3n) is 1.92. The summed E-state index contributed by atoms with van der Waals surface area (Å²) in [6.45, 7) is 2.06. The van der Waals surface area contributed by atoms with Crippen LogP contribution < -0.4 is 11.5 Å². The van der Waals surface area contributed by atoms with Crippen molar-refractivity contribution in [3.8, 4) is 0 Å². The second kappa shape index (κ2) is 4.15. The summed E-state index contributed by atoms with van der Waals surface area (Å²) in [7, 11) is 0. The van der Waals surface area contributed by atoms with Crippen LogP contribution in [0.4, 0.5) is 11.4 Å². The first-order chi connectivity index (χ1) is 6.11. The van der Waals surface area contributed by atoms with Crippen molar-refractivity contribution in [2.24, 2.45) is 0 Å². The van der Waals surface area contributed by atoms with Gasteiger partial charge in [0.05, 0.1) is 0 Å². The van der Waals surface area contributed by atoms with Crippen molar-refractivity contribution in [1.82, 2.24) is 0 Å². The monoisotopic (exact) mass is 214 g/mol. The third-order valence-corrected chi connectivity index (χ3v) is 3.83. The average Bonchev–Trinajstić information content (AvgIpc) is 2.04. The number of thioether (sulfide) groups is 2. The molecule has 0 aliphatic heterocycles. The van der Waals surface area contributed by atoms with Crippen molar-refractivity contribution < 1.29 is 0 Å². The Kier molecular flexibility index (Phi) is 3.39. The summed E-state index contributed by atoms with van der Waals surface area (Å²) in [5.41, 5.74) is 14.4. The minimum Gasteiger partial charge on any atom is -0.398 e. The van der Waals surface area contributed by atoms with E-state index in [9.17, 15) is 0 Å². The molecule has 0 spiro atoms. The van der Waals surface area contributed by atoms with Crippen LogP contribution in [-0.2, 0) is 0 Å². The molecule has 4 N–H and O–H groups in total. The Morgan fingerprint density at radius 2 is 1.38 bits per heavy atom. The van der Waals surface area contributed by atoms with Crippen molar-refractivity contribution in [2.75, 3.05) is 24.0 Å². The van der Waals surface area contributed by atoms with Gasteiger partial charge in [-0.3, -0.25) is 0 Å². The minimum atomic E-state index is 0.778. The van der Waals surface area contributed by atoms with E-state index in [-0.39, 0.29) is 0 Å². The van der Waals surface area contributed by atoms with Gasteiger partial charge in [-0.25, -0.2) is 0 Å². The number of rotatable bonds is 2. The average molecular weight is 214 g/mol. The molecule has 72 valence electrons. The lowest BCUT2D eigenvalue weighted by molar-refractivity contribution is 1.21. The first kappa shape index (κ1) is 10.6. The van der Waals surface area contributed by atoms with E-state index >= 15 is 0 Å². The molecular weight excluding hydrogens is 200 g/mol. The summed E-state index contributed by atoms with van der Waals surface area (Å²) >= 11 is 3.33. The molecule has 0 unspecified atom stereocenters. The molecule has 2 nitrogen and oxygen atoms in total. The van der Waals surface area contributed by atoms with E-state index in [2.05, 4.69) is 6.92 Å². The normalized spacial score (nSPS) is 10.4. The minimum absolute atomic E-state index is 0.778. The standard InChI is InChI=1S/C9H14N2S2/c1-5-8(12-2)6(10)4-7(11)9(5)13-3/h4H,10-11H2,1-3H3. The molecule has 1 aromatic carbocycles. The molecule has 1 aromatic rings. The molecule has 0 heterocycles. The van der Waals surface area contributed by atoms with E-state index in [0.717, 1.165) is 21.2 Å². The van der Waals surface area contributed by atoms with Gasteiger partial charge in [-0.05, 0) is 31.1 Å². The van der Waals surface area contributed by atoms with Crippen LogP contribution in [0.2, 0.25) is 0 Å². The highest BCUT2D eigenvalue weighted by atomic mass is 32.2. The zero-order valence-electron chi connectivity index (χ0n) is 8.05. The maximum Gasteiger partial charge on any atom is 0.0476 e. The summed E-state index contributed by atoms with van der Waals surface area (Å²) in [4.78, 5) is 2.28. The van der Waals surface area contributed by atoms with Gasteiger partial charge in [0.1, 0.15) is 0 Å². The molecular formula is C9H14N2S2. The smallest absolute Gasteiger partial charge is 0.0476 e. The number of benzene rings is 1. The van der Waals surface area contributed by atoms with Crippen molar-refractivity contribution in [3.63, 3.8) is 0 Å². The molecule has 4 heteroatoms. The molecule has 0 saturated carbocycles. The van der Waals surface area contributed by atoms with Gasteiger partial charge in [-0.2, -0.15) is 0 Å². The summed E-state index contributed by atoms with van der Waals surface area (Å²) in [6.07, 6.45) is 4.05. The largest absolute Gasteiger partial charge is 0.398 e. The van der Waals surface area contributed by atoms with Crippen LogP contribution in [0.5, 0.6) is 0 Å². The van der Waals surface area contributed by atoms with Crippen LogP contribution in [0.25, 0.3) is 0 Å². The maximum atomic E-state index is 5.85. The molecule has 1 rings (SSSR count). The van der Waals surface area contributed by atoms with Gasteiger partial charge in [0.2, 0.25) is 0 Å². The topological polar surface area (TPSA) is 52.0 Å². The summed E-state index contributed by atoms with van der Waals surface area (Å²) < 4.78 is 0. The first-order valence-electron chi connectivity index (χ1n) is 3.88. The quantitative estimate of drug-likeness (QED) is 0.587. The fourth-order valence-electron chi connectivity index (χ4n) is 1.38. The highest BCUT2D eigenvalue weighted by Gasteiger charge is 2.10. The van der Waals surface area contributed by atoms with E-state index in [0.29, 0.717) is 0 Å². The van der Waals surface area contributed by atoms with Gasteiger partial charge in [-0.1, -0.05) is 0 Å². The lowest BCUT2D eigenvalue weighted by Crippen LogP contribution is -1.98. The Balaban J connectivity index is 3.39. The highest BCUT2D eigenvalue weighted by Crippen LogP contribution is 2.37. The van der Waals surface area contributed by atoms with Gasteiger partial charge < -0.3 is 11.5 Å². The third kappa shape index (κ3) is 1.89. The SMILES string of the molecule is CSc1c(N)cc(N)c(SC)c1C. The van der Waals surface area contributed by atoms with Gasteiger partial charge in [0, 0.05) is 21.2 Å². The van der Waals surface area contributed by atoms with Crippen molar-refractivity contribution in [2.45, 2.75) is 16.7 Å². The summed E-state index contributed by atoms with van der Waals surface area (Å²) in [6, 6.07) is 1.84. The van der Waals surface area contributed by atoms with Crippen LogP contribution in [0, 0.1) is 6.92 Å². The molecule has 0 fully saturated rings. The number of anilines is 2. The highest BCUT2D eigenvalue weighted by molar-refractivity contribution is 7.99. The van der Waals surface area contributed by atoms with E-state index < -0.39 is 0 Å². The molecule has 0 aromatic heterocycles. The van der Waals surface area contributed by atoms with E-state index in [1.54, 1.807) is 23.5 Å². The molecule has 0 aliphatic rings. The lowest BCUT2D eigenvalue weighted by Gasteiger charge is -2.13. The van der Waals surface area contributed by atoms with Gasteiger partial charge in [0.15, 0.2) is 0 Å².